The zero-order chi connectivity index (χ0) is 18.9. The topological polar surface area (TPSA) is 97.3 Å². The third kappa shape index (κ3) is 3.46. The van der Waals surface area contributed by atoms with Gasteiger partial charge in [0.15, 0.2) is 11.5 Å². The van der Waals surface area contributed by atoms with Crippen molar-refractivity contribution in [3.8, 4) is 0 Å². The number of furan rings is 1. The lowest BCUT2D eigenvalue weighted by Gasteiger charge is -2.12. The first-order valence-corrected chi connectivity index (χ1v) is 7.60. The molecule has 2 N–H and O–H groups in total. The highest BCUT2D eigenvalue weighted by molar-refractivity contribution is 5.80. The van der Waals surface area contributed by atoms with Crippen molar-refractivity contribution < 1.29 is 22.4 Å². The minimum absolute atomic E-state index is 0.0163. The molecule has 0 aliphatic rings. The molecule has 11 heteroatoms. The largest absolute Gasteiger partial charge is 0.467 e. The maximum absolute atomic E-state index is 13.0. The number of rotatable bonds is 5. The highest BCUT2D eigenvalue weighted by atomic mass is 19.4. The molecule has 0 radical (unpaired) electrons. The van der Waals surface area contributed by atoms with E-state index < -0.39 is 12.0 Å². The number of hydrogen-bond acceptors (Lipinski definition) is 6. The molecule has 0 atom stereocenters. The van der Waals surface area contributed by atoms with Crippen molar-refractivity contribution in [1.29, 1.82) is 0 Å². The van der Waals surface area contributed by atoms with E-state index in [9.17, 15) is 18.0 Å². The molecule has 3 aromatic heterocycles. The van der Waals surface area contributed by atoms with Gasteiger partial charge in [0.1, 0.15) is 5.76 Å². The molecule has 0 fully saturated rings. The third-order valence-corrected chi connectivity index (χ3v) is 3.80. The van der Waals surface area contributed by atoms with Crippen LogP contribution < -0.4 is 10.6 Å². The van der Waals surface area contributed by atoms with Crippen molar-refractivity contribution >= 4 is 17.4 Å². The van der Waals surface area contributed by atoms with E-state index >= 15 is 0 Å². The smallest absolute Gasteiger partial charge is 0.453 e. The molecule has 138 valence electrons. The van der Waals surface area contributed by atoms with E-state index in [0.717, 1.165) is 0 Å². The van der Waals surface area contributed by atoms with E-state index in [-0.39, 0.29) is 30.5 Å². The summed E-state index contributed by atoms with van der Waals surface area (Å²) in [4.78, 5) is 11.9. The lowest BCUT2D eigenvalue weighted by atomic mass is 10.2. The van der Waals surface area contributed by atoms with Crippen molar-refractivity contribution in [2.24, 2.45) is 0 Å². The molecule has 1 amide bonds. The monoisotopic (exact) mass is 368 g/mol. The summed E-state index contributed by atoms with van der Waals surface area (Å²) in [5, 5.41) is 16.0. The lowest BCUT2D eigenvalue weighted by Crippen LogP contribution is -2.30. The molecule has 0 aliphatic carbocycles. The van der Waals surface area contributed by atoms with Crippen LogP contribution in [0.15, 0.2) is 22.8 Å². The number of alkyl halides is 3. The van der Waals surface area contributed by atoms with Crippen LogP contribution in [-0.4, -0.2) is 32.3 Å². The van der Waals surface area contributed by atoms with Crippen LogP contribution in [0, 0.1) is 13.8 Å². The summed E-state index contributed by atoms with van der Waals surface area (Å²) >= 11 is 0. The maximum Gasteiger partial charge on any atom is 0.453 e. The highest BCUT2D eigenvalue weighted by Crippen LogP contribution is 2.29. The molecule has 0 saturated heterocycles. The van der Waals surface area contributed by atoms with Crippen LogP contribution in [0.3, 0.4) is 0 Å². The number of amides is 1. The summed E-state index contributed by atoms with van der Waals surface area (Å²) in [6, 6.07) is 3.41. The van der Waals surface area contributed by atoms with Crippen molar-refractivity contribution in [3.05, 3.63) is 41.1 Å². The van der Waals surface area contributed by atoms with Crippen LogP contribution in [0.1, 0.15) is 22.7 Å². The zero-order valence-electron chi connectivity index (χ0n) is 13.9. The van der Waals surface area contributed by atoms with E-state index in [1.165, 1.54) is 6.26 Å². The fourth-order valence-corrected chi connectivity index (χ4v) is 2.30. The molecule has 3 rings (SSSR count). The van der Waals surface area contributed by atoms with Gasteiger partial charge >= 0.3 is 6.18 Å². The van der Waals surface area contributed by atoms with E-state index in [4.69, 9.17) is 4.42 Å². The molecule has 3 heterocycles. The average Bonchev–Trinajstić information content (AvgIpc) is 3.23. The van der Waals surface area contributed by atoms with Gasteiger partial charge in [-0.1, -0.05) is 0 Å². The van der Waals surface area contributed by atoms with Crippen molar-refractivity contribution in [2.75, 3.05) is 11.9 Å². The first kappa shape index (κ1) is 17.7. The number of hydrogen-bond donors (Lipinski definition) is 2. The Morgan fingerprint density at radius 2 is 2.04 bits per heavy atom. The standard InChI is InChI=1S/C15H15F3N6O2/c1-8-9(2)13-21-22-14(15(16,17)18)24(13)23-12(8)20-7-11(25)19-6-10-4-3-5-26-10/h3-5H,6-7H2,1-2H3,(H,19,25)(H,20,23). The lowest BCUT2D eigenvalue weighted by molar-refractivity contribution is -0.146. The summed E-state index contributed by atoms with van der Waals surface area (Å²) < 4.78 is 44.7. The van der Waals surface area contributed by atoms with Gasteiger partial charge in [0, 0.05) is 5.56 Å². The van der Waals surface area contributed by atoms with Gasteiger partial charge in [0.25, 0.3) is 5.82 Å². The maximum atomic E-state index is 13.0. The fourth-order valence-electron chi connectivity index (χ4n) is 2.30. The number of nitrogens with one attached hydrogen (secondary N) is 2. The molecule has 0 saturated carbocycles. The normalized spacial score (nSPS) is 11.7. The Balaban J connectivity index is 1.76. The number of aryl methyl sites for hydroxylation is 1. The summed E-state index contributed by atoms with van der Waals surface area (Å²) in [5.41, 5.74) is 1.08. The third-order valence-electron chi connectivity index (χ3n) is 3.80. The summed E-state index contributed by atoms with van der Waals surface area (Å²) in [7, 11) is 0. The highest BCUT2D eigenvalue weighted by Gasteiger charge is 2.38. The quantitative estimate of drug-likeness (QED) is 0.716. The molecule has 0 bridgehead atoms. The molecule has 26 heavy (non-hydrogen) atoms. The number of anilines is 1. The van der Waals surface area contributed by atoms with Gasteiger partial charge in [-0.2, -0.15) is 17.7 Å². The Morgan fingerprint density at radius 3 is 2.69 bits per heavy atom. The van der Waals surface area contributed by atoms with E-state index in [1.54, 1.807) is 26.0 Å². The van der Waals surface area contributed by atoms with Crippen molar-refractivity contribution in [1.82, 2.24) is 25.1 Å². The Labute approximate surface area is 145 Å². The number of fused-ring (bicyclic) bond motifs is 1. The van der Waals surface area contributed by atoms with Crippen LogP contribution in [0.2, 0.25) is 0 Å². The Kier molecular flexibility index (Phi) is 4.53. The van der Waals surface area contributed by atoms with Gasteiger partial charge in [0.05, 0.1) is 19.4 Å². The van der Waals surface area contributed by atoms with Crippen LogP contribution in [0.4, 0.5) is 19.0 Å². The molecular weight excluding hydrogens is 353 g/mol. The van der Waals surface area contributed by atoms with Crippen molar-refractivity contribution in [2.45, 2.75) is 26.6 Å². The summed E-state index contributed by atoms with van der Waals surface area (Å²) in [6.07, 6.45) is -3.20. The number of carbonyl (C=O) groups excluding carboxylic acids is 1. The first-order valence-electron chi connectivity index (χ1n) is 7.60. The average molecular weight is 368 g/mol. The molecule has 8 nitrogen and oxygen atoms in total. The van der Waals surface area contributed by atoms with E-state index in [1.807, 2.05) is 0 Å². The SMILES string of the molecule is Cc1c(NCC(=O)NCc2ccco2)nn2c(C(F)(F)F)nnc2c1C. The van der Waals surface area contributed by atoms with Crippen LogP contribution in [0.25, 0.3) is 5.65 Å². The molecular formula is C15H15F3N6O2. The Morgan fingerprint density at radius 1 is 1.27 bits per heavy atom. The second kappa shape index (κ2) is 6.65. The van der Waals surface area contributed by atoms with Crippen LogP contribution in [-0.2, 0) is 17.5 Å². The van der Waals surface area contributed by atoms with Crippen LogP contribution in [0.5, 0.6) is 0 Å². The number of aromatic nitrogens is 4. The van der Waals surface area contributed by atoms with Gasteiger partial charge in [-0.05, 0) is 31.5 Å². The molecule has 3 aromatic rings. The molecule has 0 spiro atoms. The van der Waals surface area contributed by atoms with Gasteiger partial charge in [-0.25, -0.2) is 0 Å². The fraction of sp³-hybridized carbons (Fsp3) is 0.333. The summed E-state index contributed by atoms with van der Waals surface area (Å²) in [5.74, 6) is -0.848. The van der Waals surface area contributed by atoms with E-state index in [0.29, 0.717) is 21.4 Å². The van der Waals surface area contributed by atoms with Crippen LogP contribution >= 0.6 is 0 Å². The molecule has 0 aromatic carbocycles. The van der Waals surface area contributed by atoms with Gasteiger partial charge in [-0.3, -0.25) is 4.79 Å². The second-order valence-electron chi connectivity index (χ2n) is 5.57. The zero-order valence-corrected chi connectivity index (χ0v) is 13.9. The number of carbonyl (C=O) groups is 1. The van der Waals surface area contributed by atoms with Crippen molar-refractivity contribution in [3.63, 3.8) is 0 Å². The molecule has 0 aliphatic heterocycles. The van der Waals surface area contributed by atoms with Gasteiger partial charge < -0.3 is 15.1 Å². The predicted octanol–water partition coefficient (Wildman–Crippen LogP) is 2.08. The predicted molar refractivity (Wildman–Crippen MR) is 84.3 cm³/mol. The first-order chi connectivity index (χ1) is 12.3. The van der Waals surface area contributed by atoms with E-state index in [2.05, 4.69) is 25.9 Å². The van der Waals surface area contributed by atoms with Gasteiger partial charge in [0.2, 0.25) is 5.91 Å². The van der Waals surface area contributed by atoms with Gasteiger partial charge in [-0.15, -0.1) is 15.3 Å². The molecule has 0 unspecified atom stereocenters. The Bertz CT molecular complexity index is 933. The minimum atomic E-state index is -4.69. The number of nitrogens with zero attached hydrogens (tertiary/aromatic N) is 4. The number of halogens is 3. The Hall–Kier alpha value is -3.11. The second-order valence-corrected chi connectivity index (χ2v) is 5.57. The minimum Gasteiger partial charge on any atom is -0.467 e. The summed E-state index contributed by atoms with van der Waals surface area (Å²) in [6.45, 7) is 3.33.